The van der Waals surface area contributed by atoms with Crippen LogP contribution in [0, 0.1) is 0 Å². The Morgan fingerprint density at radius 3 is 2.41 bits per heavy atom. The summed E-state index contributed by atoms with van der Waals surface area (Å²) in [7, 11) is 1.94. The number of halogens is 1. The van der Waals surface area contributed by atoms with Gasteiger partial charge in [0.15, 0.2) is 11.0 Å². The molecule has 0 aliphatic carbocycles. The molecular weight excluding hydrogens is 318 g/mol. The molecule has 0 radical (unpaired) electrons. The number of hydrogen-bond acceptors (Lipinski definition) is 4. The minimum atomic E-state index is 0.239. The summed E-state index contributed by atoms with van der Waals surface area (Å²) >= 11 is 7.51. The fraction of sp³-hybridized carbons (Fsp3) is 0.125. The largest absolute Gasteiger partial charge is 0.508 e. The number of phenolic OH excluding ortho intramolecular Hbond substituents is 1. The molecule has 112 valence electrons. The molecule has 0 amide bonds. The maximum Gasteiger partial charge on any atom is 0.191 e. The SMILES string of the molecule is Cn1c(SCc2ccc(Cl)cc2)nnc1-c1ccc(O)cc1. The molecule has 2 aromatic carbocycles. The molecule has 0 fully saturated rings. The van der Waals surface area contributed by atoms with Crippen LogP contribution in [-0.4, -0.2) is 19.9 Å². The van der Waals surface area contributed by atoms with Crippen molar-refractivity contribution in [2.24, 2.45) is 7.05 Å². The molecule has 3 aromatic rings. The summed E-state index contributed by atoms with van der Waals surface area (Å²) in [5.74, 6) is 1.82. The number of hydrogen-bond donors (Lipinski definition) is 1. The molecule has 1 N–H and O–H groups in total. The van der Waals surface area contributed by atoms with Crippen LogP contribution in [0.2, 0.25) is 5.02 Å². The maximum atomic E-state index is 9.35. The zero-order chi connectivity index (χ0) is 15.5. The minimum Gasteiger partial charge on any atom is -0.508 e. The van der Waals surface area contributed by atoms with Crippen molar-refractivity contribution in [3.8, 4) is 17.1 Å². The summed E-state index contributed by atoms with van der Waals surface area (Å²) in [4.78, 5) is 0. The van der Waals surface area contributed by atoms with E-state index in [1.807, 2.05) is 48.0 Å². The Balaban J connectivity index is 1.75. The van der Waals surface area contributed by atoms with Crippen molar-refractivity contribution >= 4 is 23.4 Å². The summed E-state index contributed by atoms with van der Waals surface area (Å²) in [6, 6.07) is 14.7. The summed E-state index contributed by atoms with van der Waals surface area (Å²) in [6.07, 6.45) is 0. The molecule has 1 heterocycles. The Morgan fingerprint density at radius 1 is 1.05 bits per heavy atom. The number of phenols is 1. The van der Waals surface area contributed by atoms with Crippen LogP contribution in [-0.2, 0) is 12.8 Å². The van der Waals surface area contributed by atoms with Crippen molar-refractivity contribution in [1.82, 2.24) is 14.8 Å². The molecule has 0 atom stereocenters. The minimum absolute atomic E-state index is 0.239. The first-order valence-corrected chi connectivity index (χ1v) is 8.06. The summed E-state index contributed by atoms with van der Waals surface area (Å²) in [5, 5.41) is 19.4. The summed E-state index contributed by atoms with van der Waals surface area (Å²) < 4.78 is 1.95. The molecule has 4 nitrogen and oxygen atoms in total. The Labute approximate surface area is 137 Å². The van der Waals surface area contributed by atoms with Crippen LogP contribution in [0.4, 0.5) is 0 Å². The predicted octanol–water partition coefficient (Wildman–Crippen LogP) is 4.13. The molecule has 3 rings (SSSR count). The van der Waals surface area contributed by atoms with E-state index < -0.39 is 0 Å². The van der Waals surface area contributed by atoms with E-state index >= 15 is 0 Å². The van der Waals surface area contributed by atoms with Crippen LogP contribution in [0.15, 0.2) is 53.7 Å². The highest BCUT2D eigenvalue weighted by Crippen LogP contribution is 2.26. The summed E-state index contributed by atoms with van der Waals surface area (Å²) in [6.45, 7) is 0. The third-order valence-corrected chi connectivity index (χ3v) is 4.58. The number of aromatic nitrogens is 3. The molecular formula is C16H14ClN3OS. The van der Waals surface area contributed by atoms with Gasteiger partial charge in [-0.1, -0.05) is 35.5 Å². The fourth-order valence-electron chi connectivity index (χ4n) is 2.03. The van der Waals surface area contributed by atoms with E-state index in [0.717, 1.165) is 27.3 Å². The number of thioether (sulfide) groups is 1. The first-order chi connectivity index (χ1) is 10.6. The summed E-state index contributed by atoms with van der Waals surface area (Å²) in [5.41, 5.74) is 2.11. The highest BCUT2D eigenvalue weighted by Gasteiger charge is 2.11. The van der Waals surface area contributed by atoms with Gasteiger partial charge < -0.3 is 9.67 Å². The molecule has 22 heavy (non-hydrogen) atoms. The highest BCUT2D eigenvalue weighted by atomic mass is 35.5. The highest BCUT2D eigenvalue weighted by molar-refractivity contribution is 7.98. The number of benzene rings is 2. The van der Waals surface area contributed by atoms with Crippen molar-refractivity contribution < 1.29 is 5.11 Å². The van der Waals surface area contributed by atoms with Gasteiger partial charge in [-0.2, -0.15) is 0 Å². The van der Waals surface area contributed by atoms with Gasteiger partial charge in [0.1, 0.15) is 5.75 Å². The van der Waals surface area contributed by atoms with Gasteiger partial charge >= 0.3 is 0 Å². The molecule has 0 spiro atoms. The lowest BCUT2D eigenvalue weighted by atomic mass is 10.2. The topological polar surface area (TPSA) is 50.9 Å². The molecule has 0 saturated carbocycles. The van der Waals surface area contributed by atoms with E-state index in [1.54, 1.807) is 23.9 Å². The van der Waals surface area contributed by atoms with E-state index in [0.29, 0.717) is 0 Å². The standard InChI is InChI=1S/C16H14ClN3OS/c1-20-15(12-4-8-14(21)9-5-12)18-19-16(20)22-10-11-2-6-13(17)7-3-11/h2-9,21H,10H2,1H3. The van der Waals surface area contributed by atoms with Crippen LogP contribution in [0.1, 0.15) is 5.56 Å². The molecule has 0 unspecified atom stereocenters. The Kier molecular flexibility index (Phi) is 4.36. The van der Waals surface area contributed by atoms with Crippen molar-refractivity contribution in [1.29, 1.82) is 0 Å². The van der Waals surface area contributed by atoms with Crippen molar-refractivity contribution in [3.63, 3.8) is 0 Å². The molecule has 1 aromatic heterocycles. The van der Waals surface area contributed by atoms with Gasteiger partial charge in [-0.25, -0.2) is 0 Å². The Hall–Kier alpha value is -1.98. The lowest BCUT2D eigenvalue weighted by Crippen LogP contribution is -1.95. The Morgan fingerprint density at radius 2 is 1.73 bits per heavy atom. The predicted molar refractivity (Wildman–Crippen MR) is 89.1 cm³/mol. The van der Waals surface area contributed by atoms with Gasteiger partial charge in [-0.3, -0.25) is 0 Å². The van der Waals surface area contributed by atoms with Gasteiger partial charge in [-0.15, -0.1) is 10.2 Å². The smallest absolute Gasteiger partial charge is 0.191 e. The lowest BCUT2D eigenvalue weighted by Gasteiger charge is -2.04. The van der Waals surface area contributed by atoms with E-state index in [-0.39, 0.29) is 5.75 Å². The zero-order valence-corrected chi connectivity index (χ0v) is 13.5. The third-order valence-electron chi connectivity index (χ3n) is 3.24. The van der Waals surface area contributed by atoms with Gasteiger partial charge in [0.25, 0.3) is 0 Å². The number of aromatic hydroxyl groups is 1. The van der Waals surface area contributed by atoms with Crippen molar-refractivity contribution in [2.75, 3.05) is 0 Å². The van der Waals surface area contributed by atoms with Gasteiger partial charge in [0.2, 0.25) is 0 Å². The van der Waals surface area contributed by atoms with E-state index in [4.69, 9.17) is 11.6 Å². The third kappa shape index (κ3) is 3.26. The molecule has 6 heteroatoms. The zero-order valence-electron chi connectivity index (χ0n) is 11.9. The first-order valence-electron chi connectivity index (χ1n) is 6.69. The molecule has 0 aliphatic rings. The average Bonchev–Trinajstić information content (AvgIpc) is 2.89. The van der Waals surface area contributed by atoms with Crippen LogP contribution in [0.3, 0.4) is 0 Å². The van der Waals surface area contributed by atoms with Crippen LogP contribution >= 0.6 is 23.4 Å². The fourth-order valence-corrected chi connectivity index (χ4v) is 3.02. The normalized spacial score (nSPS) is 10.8. The first kappa shape index (κ1) is 14.9. The van der Waals surface area contributed by atoms with Crippen molar-refractivity contribution in [3.05, 3.63) is 59.1 Å². The second-order valence-corrected chi connectivity index (χ2v) is 6.21. The molecule has 0 aliphatic heterocycles. The van der Waals surface area contributed by atoms with Gasteiger partial charge in [0, 0.05) is 23.4 Å². The van der Waals surface area contributed by atoms with Gasteiger partial charge in [-0.05, 0) is 42.0 Å². The maximum absolute atomic E-state index is 9.35. The Bertz CT molecular complexity index is 769. The number of rotatable bonds is 4. The van der Waals surface area contributed by atoms with Crippen molar-refractivity contribution in [2.45, 2.75) is 10.9 Å². The molecule has 0 bridgehead atoms. The second-order valence-electron chi connectivity index (χ2n) is 4.83. The van der Waals surface area contributed by atoms with E-state index in [2.05, 4.69) is 10.2 Å². The number of nitrogens with zero attached hydrogens (tertiary/aromatic N) is 3. The van der Waals surface area contributed by atoms with E-state index in [9.17, 15) is 5.11 Å². The van der Waals surface area contributed by atoms with Crippen LogP contribution < -0.4 is 0 Å². The second kappa shape index (κ2) is 6.42. The quantitative estimate of drug-likeness (QED) is 0.730. The van der Waals surface area contributed by atoms with Gasteiger partial charge in [0.05, 0.1) is 0 Å². The van der Waals surface area contributed by atoms with Crippen LogP contribution in [0.5, 0.6) is 5.75 Å². The molecule has 0 saturated heterocycles. The van der Waals surface area contributed by atoms with E-state index in [1.165, 1.54) is 5.56 Å². The lowest BCUT2D eigenvalue weighted by molar-refractivity contribution is 0.475. The average molecular weight is 332 g/mol. The van der Waals surface area contributed by atoms with Crippen LogP contribution in [0.25, 0.3) is 11.4 Å². The monoisotopic (exact) mass is 331 g/mol.